The average Bonchev–Trinajstić information content (AvgIpc) is 2.39. The van der Waals surface area contributed by atoms with Crippen molar-refractivity contribution in [1.82, 2.24) is 5.32 Å². The Balaban J connectivity index is 2.25. The van der Waals surface area contributed by atoms with Crippen molar-refractivity contribution < 1.29 is 0 Å². The van der Waals surface area contributed by atoms with Gasteiger partial charge in [-0.1, -0.05) is 50.3 Å². The van der Waals surface area contributed by atoms with Gasteiger partial charge < -0.3 is 5.32 Å². The van der Waals surface area contributed by atoms with Crippen LogP contribution in [0.3, 0.4) is 0 Å². The van der Waals surface area contributed by atoms with Gasteiger partial charge in [0, 0.05) is 5.41 Å². The van der Waals surface area contributed by atoms with Crippen LogP contribution in [0.4, 0.5) is 0 Å². The van der Waals surface area contributed by atoms with Crippen molar-refractivity contribution in [2.75, 3.05) is 13.1 Å². The van der Waals surface area contributed by atoms with Crippen molar-refractivity contribution >= 4 is 6.08 Å². The van der Waals surface area contributed by atoms with Crippen LogP contribution in [0.25, 0.3) is 6.08 Å². The van der Waals surface area contributed by atoms with Gasteiger partial charge in [0.25, 0.3) is 0 Å². The number of hydrogen-bond donors (Lipinski definition) is 1. The van der Waals surface area contributed by atoms with Crippen LogP contribution in [0.15, 0.2) is 30.3 Å². The lowest BCUT2D eigenvalue weighted by atomic mass is 9.69. The Hall–Kier alpha value is -1.08. The van der Waals surface area contributed by atoms with E-state index in [4.69, 9.17) is 0 Å². The molecule has 0 heterocycles. The van der Waals surface area contributed by atoms with E-state index in [1.807, 2.05) is 0 Å². The maximum Gasteiger partial charge on any atom is 0.000292 e. The van der Waals surface area contributed by atoms with E-state index in [0.717, 1.165) is 13.1 Å². The van der Waals surface area contributed by atoms with E-state index in [9.17, 15) is 0 Å². The van der Waals surface area contributed by atoms with Gasteiger partial charge >= 0.3 is 0 Å². The van der Waals surface area contributed by atoms with Crippen LogP contribution in [0, 0.1) is 0 Å². The average molecular weight is 229 g/mol. The highest BCUT2D eigenvalue weighted by Crippen LogP contribution is 2.40. The zero-order valence-electron chi connectivity index (χ0n) is 11.0. The summed E-state index contributed by atoms with van der Waals surface area (Å²) >= 11 is 0. The molecule has 0 bridgehead atoms. The van der Waals surface area contributed by atoms with E-state index < -0.39 is 0 Å². The predicted molar refractivity (Wildman–Crippen MR) is 75.2 cm³/mol. The van der Waals surface area contributed by atoms with Crippen LogP contribution in [0.1, 0.15) is 44.2 Å². The standard InChI is InChI=1S/C16H23N/c1-3-16(12-13-17-4-2)11-7-9-14-8-5-6-10-15(14)16/h5-10,17H,3-4,11-13H2,1-2H3. The monoisotopic (exact) mass is 229 g/mol. The fourth-order valence-electron chi connectivity index (χ4n) is 2.90. The zero-order valence-corrected chi connectivity index (χ0v) is 11.0. The minimum absolute atomic E-state index is 0.355. The summed E-state index contributed by atoms with van der Waals surface area (Å²) in [6.07, 6.45) is 8.26. The third-order valence-corrected chi connectivity index (χ3v) is 4.05. The summed E-state index contributed by atoms with van der Waals surface area (Å²) < 4.78 is 0. The van der Waals surface area contributed by atoms with Crippen LogP contribution in [0.2, 0.25) is 0 Å². The maximum absolute atomic E-state index is 3.46. The van der Waals surface area contributed by atoms with Crippen molar-refractivity contribution in [2.24, 2.45) is 0 Å². The van der Waals surface area contributed by atoms with Crippen LogP contribution < -0.4 is 5.32 Å². The van der Waals surface area contributed by atoms with E-state index in [2.05, 4.69) is 55.6 Å². The van der Waals surface area contributed by atoms with Gasteiger partial charge in [-0.3, -0.25) is 0 Å². The molecular formula is C16H23N. The van der Waals surface area contributed by atoms with Gasteiger partial charge in [0.05, 0.1) is 0 Å². The first-order chi connectivity index (χ1) is 8.32. The maximum atomic E-state index is 3.46. The van der Waals surface area contributed by atoms with Gasteiger partial charge in [-0.05, 0) is 43.5 Å². The van der Waals surface area contributed by atoms with Gasteiger partial charge in [0.15, 0.2) is 0 Å². The minimum atomic E-state index is 0.355. The Bertz CT molecular complexity index is 394. The van der Waals surface area contributed by atoms with Crippen LogP contribution in [-0.2, 0) is 5.41 Å². The second-order valence-electron chi connectivity index (χ2n) is 4.93. The first kappa shape index (κ1) is 12.4. The first-order valence-corrected chi connectivity index (χ1v) is 6.79. The second kappa shape index (κ2) is 5.50. The lowest BCUT2D eigenvalue weighted by Gasteiger charge is -2.36. The molecule has 17 heavy (non-hydrogen) atoms. The summed E-state index contributed by atoms with van der Waals surface area (Å²) in [5.74, 6) is 0. The molecule has 1 aromatic carbocycles. The Kier molecular flexibility index (Phi) is 4.01. The summed E-state index contributed by atoms with van der Waals surface area (Å²) in [7, 11) is 0. The third-order valence-electron chi connectivity index (χ3n) is 4.05. The lowest BCUT2D eigenvalue weighted by Crippen LogP contribution is -2.32. The predicted octanol–water partition coefficient (Wildman–Crippen LogP) is 3.75. The smallest absolute Gasteiger partial charge is 0.000292 e. The summed E-state index contributed by atoms with van der Waals surface area (Å²) in [6.45, 7) is 6.68. The molecule has 1 heteroatoms. The molecule has 0 radical (unpaired) electrons. The fourth-order valence-corrected chi connectivity index (χ4v) is 2.90. The molecule has 1 aliphatic rings. The number of nitrogens with one attached hydrogen (secondary N) is 1. The van der Waals surface area contributed by atoms with Crippen molar-refractivity contribution in [1.29, 1.82) is 0 Å². The molecule has 92 valence electrons. The van der Waals surface area contributed by atoms with Gasteiger partial charge in [0.2, 0.25) is 0 Å². The molecular weight excluding hydrogens is 206 g/mol. The Labute approximate surface area is 105 Å². The molecule has 0 saturated heterocycles. The van der Waals surface area contributed by atoms with Crippen molar-refractivity contribution in [3.05, 3.63) is 41.5 Å². The normalized spacial score (nSPS) is 22.5. The molecule has 1 aliphatic carbocycles. The summed E-state index contributed by atoms with van der Waals surface area (Å²) in [5.41, 5.74) is 3.31. The molecule has 2 rings (SSSR count). The SMILES string of the molecule is CCNCCC1(CC)CC=Cc2ccccc21. The molecule has 0 aromatic heterocycles. The van der Waals surface area contributed by atoms with Crippen LogP contribution >= 0.6 is 0 Å². The van der Waals surface area contributed by atoms with E-state index >= 15 is 0 Å². The second-order valence-corrected chi connectivity index (χ2v) is 4.93. The van der Waals surface area contributed by atoms with Crippen LogP contribution in [0.5, 0.6) is 0 Å². The van der Waals surface area contributed by atoms with E-state index in [1.54, 1.807) is 5.56 Å². The summed E-state index contributed by atoms with van der Waals surface area (Å²) in [4.78, 5) is 0. The molecule has 1 unspecified atom stereocenters. The number of allylic oxidation sites excluding steroid dienone is 1. The molecule has 1 N–H and O–H groups in total. The molecule has 0 spiro atoms. The summed E-state index contributed by atoms with van der Waals surface area (Å²) in [6, 6.07) is 8.87. The van der Waals surface area contributed by atoms with E-state index in [1.165, 1.54) is 24.8 Å². The van der Waals surface area contributed by atoms with E-state index in [0.29, 0.717) is 5.41 Å². The van der Waals surface area contributed by atoms with Crippen molar-refractivity contribution in [3.8, 4) is 0 Å². The molecule has 0 amide bonds. The largest absolute Gasteiger partial charge is 0.317 e. The van der Waals surface area contributed by atoms with Gasteiger partial charge in [0.1, 0.15) is 0 Å². The topological polar surface area (TPSA) is 12.0 Å². The molecule has 1 nitrogen and oxygen atoms in total. The fraction of sp³-hybridized carbons (Fsp3) is 0.500. The highest BCUT2D eigenvalue weighted by Gasteiger charge is 2.31. The van der Waals surface area contributed by atoms with Gasteiger partial charge in [-0.25, -0.2) is 0 Å². The molecule has 0 fully saturated rings. The molecule has 0 aliphatic heterocycles. The van der Waals surface area contributed by atoms with Crippen LogP contribution in [-0.4, -0.2) is 13.1 Å². The van der Waals surface area contributed by atoms with E-state index in [-0.39, 0.29) is 0 Å². The highest BCUT2D eigenvalue weighted by molar-refractivity contribution is 5.59. The number of benzene rings is 1. The Morgan fingerprint density at radius 2 is 2.06 bits per heavy atom. The zero-order chi connectivity index (χ0) is 12.1. The Morgan fingerprint density at radius 1 is 1.24 bits per heavy atom. The Morgan fingerprint density at radius 3 is 2.82 bits per heavy atom. The van der Waals surface area contributed by atoms with Crippen molar-refractivity contribution in [3.63, 3.8) is 0 Å². The lowest BCUT2D eigenvalue weighted by molar-refractivity contribution is 0.371. The first-order valence-electron chi connectivity index (χ1n) is 6.79. The van der Waals surface area contributed by atoms with Gasteiger partial charge in [-0.2, -0.15) is 0 Å². The van der Waals surface area contributed by atoms with Crippen molar-refractivity contribution in [2.45, 2.75) is 38.5 Å². The minimum Gasteiger partial charge on any atom is -0.317 e. The number of fused-ring (bicyclic) bond motifs is 1. The van der Waals surface area contributed by atoms with Gasteiger partial charge in [-0.15, -0.1) is 0 Å². The number of rotatable bonds is 5. The summed E-state index contributed by atoms with van der Waals surface area (Å²) in [5, 5.41) is 3.46. The number of hydrogen-bond acceptors (Lipinski definition) is 1. The third kappa shape index (κ3) is 2.44. The molecule has 1 aromatic rings. The quantitative estimate of drug-likeness (QED) is 0.758. The molecule has 1 atom stereocenters. The highest BCUT2D eigenvalue weighted by atomic mass is 14.8. The molecule has 0 saturated carbocycles.